The van der Waals surface area contributed by atoms with Crippen molar-refractivity contribution in [2.24, 2.45) is 0 Å². The Morgan fingerprint density at radius 3 is 2.07 bits per heavy atom. The van der Waals surface area contributed by atoms with E-state index in [4.69, 9.17) is 4.74 Å². The fourth-order valence-corrected chi connectivity index (χ4v) is 3.04. The summed E-state index contributed by atoms with van der Waals surface area (Å²) >= 11 is 0. The molecule has 6 nitrogen and oxygen atoms in total. The van der Waals surface area contributed by atoms with Crippen LogP contribution in [0.3, 0.4) is 0 Å². The predicted octanol–water partition coefficient (Wildman–Crippen LogP) is 3.89. The highest BCUT2D eigenvalue weighted by molar-refractivity contribution is 7.92. The van der Waals surface area contributed by atoms with Crippen molar-refractivity contribution < 1.29 is 17.9 Å². The summed E-state index contributed by atoms with van der Waals surface area (Å²) in [6, 6.07) is 23.1. The minimum Gasteiger partial charge on any atom is -0.489 e. The van der Waals surface area contributed by atoms with Gasteiger partial charge in [0.25, 0.3) is 5.91 Å². The molecule has 0 unspecified atom stereocenters. The Morgan fingerprint density at radius 1 is 0.857 bits per heavy atom. The molecular weight excluding hydrogens is 376 g/mol. The summed E-state index contributed by atoms with van der Waals surface area (Å²) in [4.78, 5) is 12.4. The van der Waals surface area contributed by atoms with Gasteiger partial charge in [-0.25, -0.2) is 8.42 Å². The number of para-hydroxylation sites is 1. The number of amides is 1. The molecular formula is C21H20N2O4S. The van der Waals surface area contributed by atoms with E-state index in [1.165, 1.54) is 0 Å². The Hall–Kier alpha value is -3.32. The third kappa shape index (κ3) is 5.85. The van der Waals surface area contributed by atoms with Crippen molar-refractivity contribution >= 4 is 27.3 Å². The molecule has 0 aromatic heterocycles. The van der Waals surface area contributed by atoms with Gasteiger partial charge in [0.15, 0.2) is 0 Å². The first kappa shape index (κ1) is 19.4. The first-order chi connectivity index (χ1) is 13.4. The van der Waals surface area contributed by atoms with Crippen molar-refractivity contribution in [3.63, 3.8) is 0 Å². The highest BCUT2D eigenvalue weighted by Crippen LogP contribution is 2.16. The van der Waals surface area contributed by atoms with Gasteiger partial charge >= 0.3 is 0 Å². The molecule has 0 atom stereocenters. The van der Waals surface area contributed by atoms with Gasteiger partial charge < -0.3 is 10.1 Å². The molecule has 0 aliphatic carbocycles. The topological polar surface area (TPSA) is 84.5 Å². The third-order valence-electron chi connectivity index (χ3n) is 3.81. The molecule has 0 spiro atoms. The van der Waals surface area contributed by atoms with Crippen LogP contribution in [0.1, 0.15) is 15.9 Å². The summed E-state index contributed by atoms with van der Waals surface area (Å²) in [5, 5.41) is 2.78. The van der Waals surface area contributed by atoms with E-state index in [1.54, 1.807) is 36.4 Å². The lowest BCUT2D eigenvalue weighted by Crippen LogP contribution is -2.12. The van der Waals surface area contributed by atoms with Crippen LogP contribution in [0.5, 0.6) is 5.75 Å². The zero-order chi connectivity index (χ0) is 20.0. The van der Waals surface area contributed by atoms with Crippen LogP contribution in [0.4, 0.5) is 11.4 Å². The number of hydrogen-bond acceptors (Lipinski definition) is 4. The zero-order valence-electron chi connectivity index (χ0n) is 15.3. The second-order valence-corrected chi connectivity index (χ2v) is 7.95. The van der Waals surface area contributed by atoms with E-state index >= 15 is 0 Å². The Morgan fingerprint density at radius 2 is 1.46 bits per heavy atom. The maximum absolute atomic E-state index is 12.4. The van der Waals surface area contributed by atoms with Crippen molar-refractivity contribution in [1.29, 1.82) is 0 Å². The largest absolute Gasteiger partial charge is 0.489 e. The van der Waals surface area contributed by atoms with E-state index in [1.807, 2.05) is 42.5 Å². The van der Waals surface area contributed by atoms with Crippen molar-refractivity contribution in [2.75, 3.05) is 16.3 Å². The van der Waals surface area contributed by atoms with Crippen molar-refractivity contribution in [3.8, 4) is 5.75 Å². The van der Waals surface area contributed by atoms with Crippen LogP contribution in [0, 0.1) is 0 Å². The van der Waals surface area contributed by atoms with Crippen LogP contribution >= 0.6 is 0 Å². The van der Waals surface area contributed by atoms with Crippen LogP contribution in [-0.4, -0.2) is 20.6 Å². The smallest absolute Gasteiger partial charge is 0.255 e. The van der Waals surface area contributed by atoms with Gasteiger partial charge in [0, 0.05) is 16.9 Å². The van der Waals surface area contributed by atoms with Gasteiger partial charge in [0.2, 0.25) is 10.0 Å². The van der Waals surface area contributed by atoms with Crippen LogP contribution in [0.25, 0.3) is 0 Å². The van der Waals surface area contributed by atoms with E-state index < -0.39 is 10.0 Å². The highest BCUT2D eigenvalue weighted by atomic mass is 32.2. The average molecular weight is 396 g/mol. The lowest BCUT2D eigenvalue weighted by atomic mass is 10.1. The average Bonchev–Trinajstić information content (AvgIpc) is 2.68. The minimum atomic E-state index is -3.33. The number of ether oxygens (including phenoxy) is 1. The molecule has 28 heavy (non-hydrogen) atoms. The number of nitrogens with one attached hydrogen (secondary N) is 2. The first-order valence-electron chi connectivity index (χ1n) is 8.55. The van der Waals surface area contributed by atoms with Crippen molar-refractivity contribution in [2.45, 2.75) is 6.61 Å². The Labute approximate surface area is 164 Å². The lowest BCUT2D eigenvalue weighted by molar-refractivity contribution is 0.102. The van der Waals surface area contributed by atoms with Gasteiger partial charge in [-0.3, -0.25) is 9.52 Å². The van der Waals surface area contributed by atoms with Gasteiger partial charge in [-0.2, -0.15) is 0 Å². The molecule has 0 bridgehead atoms. The van der Waals surface area contributed by atoms with Gasteiger partial charge in [-0.1, -0.05) is 30.3 Å². The summed E-state index contributed by atoms with van der Waals surface area (Å²) < 4.78 is 30.5. The van der Waals surface area contributed by atoms with Gasteiger partial charge in [0.05, 0.1) is 6.26 Å². The first-order valence-corrected chi connectivity index (χ1v) is 10.4. The highest BCUT2D eigenvalue weighted by Gasteiger charge is 2.07. The molecule has 1 amide bonds. The molecule has 3 rings (SSSR count). The molecule has 0 aliphatic heterocycles. The lowest BCUT2D eigenvalue weighted by Gasteiger charge is -2.09. The molecule has 0 saturated heterocycles. The number of benzene rings is 3. The SMILES string of the molecule is CS(=O)(=O)Nc1ccc(NC(=O)c2ccc(COc3ccccc3)cc2)cc1. The van der Waals surface area contributed by atoms with E-state index in [2.05, 4.69) is 10.0 Å². The normalized spacial score (nSPS) is 10.9. The monoisotopic (exact) mass is 396 g/mol. The van der Waals surface area contributed by atoms with Gasteiger partial charge in [-0.15, -0.1) is 0 Å². The maximum atomic E-state index is 12.4. The Balaban J connectivity index is 1.57. The molecule has 0 fully saturated rings. The summed E-state index contributed by atoms with van der Waals surface area (Å²) in [6.07, 6.45) is 1.08. The van der Waals surface area contributed by atoms with Gasteiger partial charge in [0.1, 0.15) is 12.4 Å². The Bertz CT molecular complexity index is 1030. The maximum Gasteiger partial charge on any atom is 0.255 e. The van der Waals surface area contributed by atoms with Crippen LogP contribution in [0.15, 0.2) is 78.9 Å². The molecule has 3 aromatic rings. The number of sulfonamides is 1. The third-order valence-corrected chi connectivity index (χ3v) is 4.42. The molecule has 144 valence electrons. The van der Waals surface area contributed by atoms with Crippen LogP contribution in [-0.2, 0) is 16.6 Å². The van der Waals surface area contributed by atoms with Crippen LogP contribution < -0.4 is 14.8 Å². The molecule has 2 N–H and O–H groups in total. The number of anilines is 2. The summed E-state index contributed by atoms with van der Waals surface area (Å²) in [7, 11) is -3.33. The van der Waals surface area contributed by atoms with E-state index in [0.29, 0.717) is 23.5 Å². The summed E-state index contributed by atoms with van der Waals surface area (Å²) in [5.41, 5.74) is 2.47. The molecule has 0 radical (unpaired) electrons. The quantitative estimate of drug-likeness (QED) is 0.635. The number of rotatable bonds is 7. The zero-order valence-corrected chi connectivity index (χ0v) is 16.1. The second kappa shape index (κ2) is 8.58. The molecule has 3 aromatic carbocycles. The van der Waals surface area contributed by atoms with E-state index in [9.17, 15) is 13.2 Å². The standard InChI is InChI=1S/C21H20N2O4S/c1-28(25,26)23-19-13-11-18(12-14-19)22-21(24)17-9-7-16(8-10-17)15-27-20-5-3-2-4-6-20/h2-14,23H,15H2,1H3,(H,22,24). The molecule has 7 heteroatoms. The fraction of sp³-hybridized carbons (Fsp3) is 0.0952. The van der Waals surface area contributed by atoms with Crippen LogP contribution in [0.2, 0.25) is 0 Å². The fourth-order valence-electron chi connectivity index (χ4n) is 2.47. The molecule has 0 heterocycles. The van der Waals surface area contributed by atoms with Crippen molar-refractivity contribution in [1.82, 2.24) is 0 Å². The predicted molar refractivity (Wildman–Crippen MR) is 110 cm³/mol. The molecule has 0 aliphatic rings. The number of carbonyl (C=O) groups is 1. The summed E-state index contributed by atoms with van der Waals surface area (Å²) in [5.74, 6) is 0.539. The second-order valence-electron chi connectivity index (χ2n) is 6.20. The number of hydrogen-bond donors (Lipinski definition) is 2. The minimum absolute atomic E-state index is 0.251. The number of carbonyl (C=O) groups excluding carboxylic acids is 1. The Kier molecular flexibility index (Phi) is 5.96. The van der Waals surface area contributed by atoms with E-state index in [0.717, 1.165) is 17.6 Å². The van der Waals surface area contributed by atoms with Gasteiger partial charge in [-0.05, 0) is 54.1 Å². The van der Waals surface area contributed by atoms with Crippen molar-refractivity contribution in [3.05, 3.63) is 90.0 Å². The summed E-state index contributed by atoms with van der Waals surface area (Å²) in [6.45, 7) is 0.417. The molecule has 0 saturated carbocycles. The van der Waals surface area contributed by atoms with E-state index in [-0.39, 0.29) is 5.91 Å².